The number of rotatable bonds is 6. The molecule has 0 bridgehead atoms. The SMILES string of the molecule is CCC(C)(C(CCC(C)(C)C)NC)N1CCCCC1. The summed E-state index contributed by atoms with van der Waals surface area (Å²) < 4.78 is 0. The van der Waals surface area contributed by atoms with Gasteiger partial charge in [-0.05, 0) is 64.6 Å². The highest BCUT2D eigenvalue weighted by atomic mass is 15.2. The molecule has 1 rings (SSSR count). The van der Waals surface area contributed by atoms with Gasteiger partial charge in [0, 0.05) is 11.6 Å². The molecule has 0 spiro atoms. The predicted octanol–water partition coefficient (Wildman–Crippen LogP) is 4.06. The van der Waals surface area contributed by atoms with E-state index in [0.717, 1.165) is 0 Å². The first-order valence-corrected chi connectivity index (χ1v) is 8.26. The molecule has 0 aromatic rings. The highest BCUT2D eigenvalue weighted by Gasteiger charge is 2.38. The highest BCUT2D eigenvalue weighted by molar-refractivity contribution is 4.97. The second-order valence-corrected chi connectivity index (χ2v) is 7.70. The molecule has 0 saturated carbocycles. The monoisotopic (exact) mass is 268 g/mol. The highest BCUT2D eigenvalue weighted by Crippen LogP contribution is 2.32. The first-order chi connectivity index (χ1) is 8.83. The van der Waals surface area contributed by atoms with E-state index in [-0.39, 0.29) is 0 Å². The number of nitrogens with zero attached hydrogens (tertiary/aromatic N) is 1. The van der Waals surface area contributed by atoms with Crippen molar-refractivity contribution in [2.45, 2.75) is 84.7 Å². The van der Waals surface area contributed by atoms with Crippen molar-refractivity contribution in [3.63, 3.8) is 0 Å². The predicted molar refractivity (Wildman–Crippen MR) is 85.7 cm³/mol. The van der Waals surface area contributed by atoms with Crippen LogP contribution in [0.15, 0.2) is 0 Å². The summed E-state index contributed by atoms with van der Waals surface area (Å²) in [6, 6.07) is 0.606. The molecule has 1 N–H and O–H groups in total. The van der Waals surface area contributed by atoms with Crippen LogP contribution in [0.5, 0.6) is 0 Å². The number of nitrogens with one attached hydrogen (secondary N) is 1. The van der Waals surface area contributed by atoms with E-state index in [1.807, 2.05) is 0 Å². The molecule has 114 valence electrons. The molecular formula is C17H36N2. The van der Waals surface area contributed by atoms with Crippen LogP contribution in [0, 0.1) is 5.41 Å². The lowest BCUT2D eigenvalue weighted by atomic mass is 9.79. The maximum atomic E-state index is 3.62. The average molecular weight is 268 g/mol. The van der Waals surface area contributed by atoms with Crippen LogP contribution in [-0.4, -0.2) is 36.6 Å². The van der Waals surface area contributed by atoms with Crippen LogP contribution in [-0.2, 0) is 0 Å². The Morgan fingerprint density at radius 2 is 1.63 bits per heavy atom. The molecule has 0 aromatic heterocycles. The maximum absolute atomic E-state index is 3.62. The van der Waals surface area contributed by atoms with E-state index >= 15 is 0 Å². The molecule has 19 heavy (non-hydrogen) atoms. The van der Waals surface area contributed by atoms with Crippen LogP contribution in [0.2, 0.25) is 0 Å². The number of likely N-dealkylation sites (N-methyl/N-ethyl adjacent to an activating group) is 1. The summed E-state index contributed by atoms with van der Waals surface area (Å²) in [5.74, 6) is 0. The fourth-order valence-corrected chi connectivity index (χ4v) is 3.44. The van der Waals surface area contributed by atoms with Gasteiger partial charge in [-0.15, -0.1) is 0 Å². The van der Waals surface area contributed by atoms with E-state index in [0.29, 0.717) is 17.0 Å². The van der Waals surface area contributed by atoms with Gasteiger partial charge >= 0.3 is 0 Å². The Labute approximate surface area is 121 Å². The molecule has 1 saturated heterocycles. The molecule has 2 atom stereocenters. The van der Waals surface area contributed by atoms with Gasteiger partial charge in [0.15, 0.2) is 0 Å². The smallest absolute Gasteiger partial charge is 0.0331 e. The minimum absolute atomic E-state index is 0.320. The largest absolute Gasteiger partial charge is 0.315 e. The molecule has 0 radical (unpaired) electrons. The Morgan fingerprint density at radius 1 is 1.05 bits per heavy atom. The van der Waals surface area contributed by atoms with Crippen molar-refractivity contribution in [2.75, 3.05) is 20.1 Å². The molecule has 1 heterocycles. The Balaban J connectivity index is 2.71. The summed E-state index contributed by atoms with van der Waals surface area (Å²) in [4.78, 5) is 2.75. The Bertz CT molecular complexity index is 250. The molecule has 1 aliphatic heterocycles. The third kappa shape index (κ3) is 4.75. The quantitative estimate of drug-likeness (QED) is 0.781. The lowest BCUT2D eigenvalue weighted by Crippen LogP contribution is -2.60. The summed E-state index contributed by atoms with van der Waals surface area (Å²) in [5, 5.41) is 3.62. The Hall–Kier alpha value is -0.0800. The molecule has 1 fully saturated rings. The zero-order valence-electron chi connectivity index (χ0n) is 14.2. The molecule has 1 aliphatic rings. The summed E-state index contributed by atoms with van der Waals surface area (Å²) in [7, 11) is 2.14. The van der Waals surface area contributed by atoms with Crippen molar-refractivity contribution in [3.8, 4) is 0 Å². The van der Waals surface area contributed by atoms with E-state index in [9.17, 15) is 0 Å². The lowest BCUT2D eigenvalue weighted by molar-refractivity contribution is 0.0392. The molecule has 2 heteroatoms. The lowest BCUT2D eigenvalue weighted by Gasteiger charge is -2.48. The second kappa shape index (κ2) is 7.08. The third-order valence-electron chi connectivity index (χ3n) is 5.08. The van der Waals surface area contributed by atoms with Crippen LogP contribution in [0.1, 0.15) is 73.1 Å². The average Bonchev–Trinajstić information content (AvgIpc) is 2.38. The van der Waals surface area contributed by atoms with E-state index < -0.39 is 0 Å². The van der Waals surface area contributed by atoms with E-state index in [1.54, 1.807) is 0 Å². The zero-order chi connectivity index (χ0) is 14.5. The summed E-state index contributed by atoms with van der Waals surface area (Å²) in [6.07, 6.45) is 7.99. The fraction of sp³-hybridized carbons (Fsp3) is 1.00. The fourth-order valence-electron chi connectivity index (χ4n) is 3.44. The number of piperidine rings is 1. The van der Waals surface area contributed by atoms with Gasteiger partial charge < -0.3 is 5.32 Å². The van der Waals surface area contributed by atoms with Crippen LogP contribution in [0.25, 0.3) is 0 Å². The minimum Gasteiger partial charge on any atom is -0.315 e. The Morgan fingerprint density at radius 3 is 2.05 bits per heavy atom. The van der Waals surface area contributed by atoms with Crippen molar-refractivity contribution in [3.05, 3.63) is 0 Å². The number of likely N-dealkylation sites (tertiary alicyclic amines) is 1. The first kappa shape index (κ1) is 17.0. The molecule has 2 unspecified atom stereocenters. The molecule has 0 aliphatic carbocycles. The molecule has 2 nitrogen and oxygen atoms in total. The van der Waals surface area contributed by atoms with Crippen molar-refractivity contribution < 1.29 is 0 Å². The summed E-state index contributed by atoms with van der Waals surface area (Å²) in [6.45, 7) is 14.5. The van der Waals surface area contributed by atoms with Crippen molar-refractivity contribution >= 4 is 0 Å². The van der Waals surface area contributed by atoms with Crippen LogP contribution in [0.3, 0.4) is 0 Å². The standard InChI is InChI=1S/C17H36N2/c1-7-17(5,19-13-9-8-10-14-19)15(18-6)11-12-16(2,3)4/h15,18H,7-14H2,1-6H3. The number of hydrogen-bond donors (Lipinski definition) is 1. The van der Waals surface area contributed by atoms with Crippen LogP contribution < -0.4 is 5.32 Å². The number of hydrogen-bond acceptors (Lipinski definition) is 2. The topological polar surface area (TPSA) is 15.3 Å². The van der Waals surface area contributed by atoms with Crippen LogP contribution in [0.4, 0.5) is 0 Å². The van der Waals surface area contributed by atoms with Crippen molar-refractivity contribution in [1.82, 2.24) is 10.2 Å². The Kier molecular flexibility index (Phi) is 6.32. The maximum Gasteiger partial charge on any atom is 0.0331 e. The molecule has 0 amide bonds. The zero-order valence-corrected chi connectivity index (χ0v) is 14.2. The normalized spacial score (nSPS) is 23.1. The van der Waals surface area contributed by atoms with Gasteiger partial charge in [0.25, 0.3) is 0 Å². The molecule has 0 aromatic carbocycles. The molecular weight excluding hydrogens is 232 g/mol. The van der Waals surface area contributed by atoms with Gasteiger partial charge in [0.05, 0.1) is 0 Å². The van der Waals surface area contributed by atoms with E-state index in [2.05, 4.69) is 51.9 Å². The second-order valence-electron chi connectivity index (χ2n) is 7.70. The van der Waals surface area contributed by atoms with Gasteiger partial charge in [-0.25, -0.2) is 0 Å². The van der Waals surface area contributed by atoms with Gasteiger partial charge in [-0.2, -0.15) is 0 Å². The summed E-state index contributed by atoms with van der Waals surface area (Å²) >= 11 is 0. The minimum atomic E-state index is 0.320. The third-order valence-corrected chi connectivity index (χ3v) is 5.08. The van der Waals surface area contributed by atoms with Gasteiger partial charge in [0.2, 0.25) is 0 Å². The van der Waals surface area contributed by atoms with Gasteiger partial charge in [0.1, 0.15) is 0 Å². The van der Waals surface area contributed by atoms with E-state index in [1.165, 1.54) is 51.6 Å². The van der Waals surface area contributed by atoms with Gasteiger partial charge in [-0.3, -0.25) is 4.90 Å². The van der Waals surface area contributed by atoms with Crippen molar-refractivity contribution in [1.29, 1.82) is 0 Å². The van der Waals surface area contributed by atoms with E-state index in [4.69, 9.17) is 0 Å². The first-order valence-electron chi connectivity index (χ1n) is 8.26. The van der Waals surface area contributed by atoms with Crippen molar-refractivity contribution in [2.24, 2.45) is 5.41 Å². The summed E-state index contributed by atoms with van der Waals surface area (Å²) in [5.41, 5.74) is 0.756. The van der Waals surface area contributed by atoms with Crippen LogP contribution >= 0.6 is 0 Å². The van der Waals surface area contributed by atoms with Gasteiger partial charge in [-0.1, -0.05) is 34.1 Å².